The normalized spacial score (nSPS) is 10.7. The zero-order valence-electron chi connectivity index (χ0n) is 13.2. The van der Waals surface area contributed by atoms with E-state index >= 15 is 0 Å². The molecular weight excluding hydrogens is 298 g/mol. The van der Waals surface area contributed by atoms with Gasteiger partial charge in [-0.25, -0.2) is 4.98 Å². The van der Waals surface area contributed by atoms with E-state index < -0.39 is 0 Å². The Bertz CT molecular complexity index is 929. The number of nitrogens with zero attached hydrogens (tertiary/aromatic N) is 2. The van der Waals surface area contributed by atoms with Crippen molar-refractivity contribution in [1.29, 1.82) is 5.26 Å². The van der Waals surface area contributed by atoms with Gasteiger partial charge in [0.15, 0.2) is 0 Å². The second-order valence-electron chi connectivity index (χ2n) is 5.36. The largest absolute Gasteiger partial charge is 0.341 e. The summed E-state index contributed by atoms with van der Waals surface area (Å²) >= 11 is 0. The number of allylic oxidation sites excluding steroid dienone is 1. The van der Waals surface area contributed by atoms with Crippen molar-refractivity contribution >= 4 is 11.9 Å². The molecule has 0 bridgehead atoms. The van der Waals surface area contributed by atoms with Gasteiger partial charge in [-0.1, -0.05) is 48.5 Å². The van der Waals surface area contributed by atoms with Crippen LogP contribution in [0.4, 0.5) is 0 Å². The Morgan fingerprint density at radius 3 is 2.50 bits per heavy atom. The van der Waals surface area contributed by atoms with Gasteiger partial charge in [0.1, 0.15) is 11.5 Å². The quantitative estimate of drug-likeness (QED) is 0.581. The molecule has 0 saturated heterocycles. The van der Waals surface area contributed by atoms with Crippen LogP contribution in [0.1, 0.15) is 27.3 Å². The fourth-order valence-electron chi connectivity index (χ4n) is 2.35. The fourth-order valence-corrected chi connectivity index (χ4v) is 2.35. The smallest absolute Gasteiger partial charge is 0.206 e. The van der Waals surface area contributed by atoms with Crippen LogP contribution < -0.4 is 0 Å². The van der Waals surface area contributed by atoms with Crippen molar-refractivity contribution in [2.24, 2.45) is 0 Å². The van der Waals surface area contributed by atoms with Crippen molar-refractivity contribution in [2.75, 3.05) is 0 Å². The third-order valence-electron chi connectivity index (χ3n) is 3.63. The lowest BCUT2D eigenvalue weighted by Crippen LogP contribution is -1.97. The summed E-state index contributed by atoms with van der Waals surface area (Å²) in [5.41, 5.74) is 3.55. The number of H-pyrrole nitrogens is 1. The molecule has 24 heavy (non-hydrogen) atoms. The number of aromatic nitrogens is 2. The minimum absolute atomic E-state index is 0.157. The molecule has 0 amide bonds. The third-order valence-corrected chi connectivity index (χ3v) is 3.63. The van der Waals surface area contributed by atoms with E-state index in [1.165, 1.54) is 6.08 Å². The Labute approximate surface area is 140 Å². The first-order chi connectivity index (χ1) is 11.7. The van der Waals surface area contributed by atoms with Crippen LogP contribution in [0.25, 0.3) is 17.5 Å². The lowest BCUT2D eigenvalue weighted by atomic mass is 10.1. The van der Waals surface area contributed by atoms with E-state index in [0.717, 1.165) is 16.8 Å². The molecule has 1 N–H and O–H groups in total. The van der Waals surface area contributed by atoms with Crippen LogP contribution >= 0.6 is 0 Å². The van der Waals surface area contributed by atoms with Gasteiger partial charge in [-0.05, 0) is 30.7 Å². The predicted molar refractivity (Wildman–Crippen MR) is 93.3 cm³/mol. The van der Waals surface area contributed by atoms with Gasteiger partial charge in [-0.15, -0.1) is 0 Å². The molecule has 3 rings (SSSR count). The monoisotopic (exact) mass is 313 g/mol. The van der Waals surface area contributed by atoms with Crippen molar-refractivity contribution in [3.05, 3.63) is 83.2 Å². The summed E-state index contributed by atoms with van der Waals surface area (Å²) in [6, 6.07) is 18.8. The van der Waals surface area contributed by atoms with Crippen molar-refractivity contribution < 1.29 is 4.79 Å². The second kappa shape index (κ2) is 6.76. The van der Waals surface area contributed by atoms with E-state index in [0.29, 0.717) is 17.1 Å². The van der Waals surface area contributed by atoms with Gasteiger partial charge in [0.05, 0.1) is 11.6 Å². The summed E-state index contributed by atoms with van der Waals surface area (Å²) in [6.07, 6.45) is 3.22. The van der Waals surface area contributed by atoms with Gasteiger partial charge in [-0.2, -0.15) is 5.26 Å². The number of aryl methyl sites for hydroxylation is 1. The molecule has 3 aromatic rings. The standard InChI is InChI=1S/C20H15N3O/c1-14-19(23-20(22-14)17-5-3-2-4-6-17)18(24)12-11-15-7-9-16(13-21)10-8-15/h2-12H,1H3,(H,22,23)/b12-11-. The Morgan fingerprint density at radius 2 is 1.83 bits per heavy atom. The Kier molecular flexibility index (Phi) is 4.35. The molecule has 1 heterocycles. The first-order valence-corrected chi connectivity index (χ1v) is 7.52. The number of nitriles is 1. The van der Waals surface area contributed by atoms with Crippen LogP contribution in [0.2, 0.25) is 0 Å². The molecule has 0 radical (unpaired) electrons. The number of benzene rings is 2. The number of carbonyl (C=O) groups excluding carboxylic acids is 1. The third kappa shape index (κ3) is 3.31. The van der Waals surface area contributed by atoms with Crippen molar-refractivity contribution in [3.8, 4) is 17.5 Å². The topological polar surface area (TPSA) is 69.5 Å². The highest BCUT2D eigenvalue weighted by Crippen LogP contribution is 2.18. The van der Waals surface area contributed by atoms with Gasteiger partial charge in [0.25, 0.3) is 0 Å². The highest BCUT2D eigenvalue weighted by atomic mass is 16.1. The number of aromatic amines is 1. The number of nitrogens with one attached hydrogen (secondary N) is 1. The number of imidazole rings is 1. The first-order valence-electron chi connectivity index (χ1n) is 7.52. The number of hydrogen-bond donors (Lipinski definition) is 1. The second-order valence-corrected chi connectivity index (χ2v) is 5.36. The van der Waals surface area contributed by atoms with E-state index in [4.69, 9.17) is 5.26 Å². The maximum atomic E-state index is 12.4. The van der Waals surface area contributed by atoms with Crippen LogP contribution in [0.3, 0.4) is 0 Å². The van der Waals surface area contributed by atoms with Crippen LogP contribution in [0.5, 0.6) is 0 Å². The molecule has 0 unspecified atom stereocenters. The first kappa shape index (κ1) is 15.4. The van der Waals surface area contributed by atoms with Gasteiger partial charge in [0, 0.05) is 11.3 Å². The minimum atomic E-state index is -0.157. The highest BCUT2D eigenvalue weighted by Gasteiger charge is 2.13. The molecule has 0 aliphatic carbocycles. The highest BCUT2D eigenvalue weighted by molar-refractivity contribution is 6.06. The lowest BCUT2D eigenvalue weighted by Gasteiger charge is -1.94. The average Bonchev–Trinajstić information content (AvgIpc) is 3.03. The summed E-state index contributed by atoms with van der Waals surface area (Å²) in [6.45, 7) is 1.84. The molecule has 1 aromatic heterocycles. The molecule has 2 aromatic carbocycles. The van der Waals surface area contributed by atoms with E-state index in [-0.39, 0.29) is 5.78 Å². The minimum Gasteiger partial charge on any atom is -0.341 e. The van der Waals surface area contributed by atoms with E-state index in [9.17, 15) is 4.79 Å². The van der Waals surface area contributed by atoms with Crippen molar-refractivity contribution in [3.63, 3.8) is 0 Å². The molecule has 0 saturated carbocycles. The maximum absolute atomic E-state index is 12.4. The van der Waals surface area contributed by atoms with Gasteiger partial charge < -0.3 is 4.98 Å². The number of carbonyl (C=O) groups is 1. The summed E-state index contributed by atoms with van der Waals surface area (Å²) in [7, 11) is 0. The molecule has 4 heteroatoms. The van der Waals surface area contributed by atoms with Gasteiger partial charge >= 0.3 is 0 Å². The summed E-state index contributed by atoms with van der Waals surface area (Å²) in [5, 5.41) is 8.79. The van der Waals surface area contributed by atoms with E-state index in [1.807, 2.05) is 37.3 Å². The Hall–Kier alpha value is -3.45. The average molecular weight is 313 g/mol. The van der Waals surface area contributed by atoms with Crippen LogP contribution in [-0.4, -0.2) is 15.8 Å². The maximum Gasteiger partial charge on any atom is 0.206 e. The lowest BCUT2D eigenvalue weighted by molar-refractivity contribution is 0.104. The molecule has 0 atom stereocenters. The van der Waals surface area contributed by atoms with E-state index in [2.05, 4.69) is 16.0 Å². The van der Waals surface area contributed by atoms with Crippen molar-refractivity contribution in [1.82, 2.24) is 9.97 Å². The summed E-state index contributed by atoms with van der Waals surface area (Å²) in [5.74, 6) is 0.526. The summed E-state index contributed by atoms with van der Waals surface area (Å²) in [4.78, 5) is 20.0. The molecule has 0 fully saturated rings. The number of ketones is 1. The van der Waals surface area contributed by atoms with Crippen LogP contribution in [0.15, 0.2) is 60.7 Å². The zero-order chi connectivity index (χ0) is 16.9. The van der Waals surface area contributed by atoms with E-state index in [1.54, 1.807) is 30.3 Å². The zero-order valence-corrected chi connectivity index (χ0v) is 13.2. The molecule has 0 aliphatic heterocycles. The predicted octanol–water partition coefficient (Wildman–Crippen LogP) is 4.15. The SMILES string of the molecule is Cc1[nH]c(-c2ccccc2)nc1C(=O)/C=C\c1ccc(C#N)cc1. The number of rotatable bonds is 4. The molecule has 0 aliphatic rings. The van der Waals surface area contributed by atoms with Crippen LogP contribution in [-0.2, 0) is 0 Å². The van der Waals surface area contributed by atoms with Gasteiger partial charge in [-0.3, -0.25) is 4.79 Å². The molecule has 116 valence electrons. The molecule has 4 nitrogen and oxygen atoms in total. The number of hydrogen-bond acceptors (Lipinski definition) is 3. The Balaban J connectivity index is 1.81. The van der Waals surface area contributed by atoms with Crippen molar-refractivity contribution in [2.45, 2.75) is 6.92 Å². The summed E-state index contributed by atoms with van der Waals surface area (Å²) < 4.78 is 0. The fraction of sp³-hybridized carbons (Fsp3) is 0.0500. The molecular formula is C20H15N3O. The molecule has 0 spiro atoms. The van der Waals surface area contributed by atoms with Gasteiger partial charge in [0.2, 0.25) is 5.78 Å². The Morgan fingerprint density at radius 1 is 1.12 bits per heavy atom. The van der Waals surface area contributed by atoms with Crippen LogP contribution in [0, 0.1) is 18.3 Å².